The molecule has 0 atom stereocenters. The first kappa shape index (κ1) is 52.6. The third-order valence-corrected chi connectivity index (χ3v) is 15.9. The minimum absolute atomic E-state index is 0.325. The van der Waals surface area contributed by atoms with E-state index in [4.69, 9.17) is 28.9 Å². The van der Waals surface area contributed by atoms with Crippen LogP contribution in [0.4, 0.5) is 10.3 Å². The van der Waals surface area contributed by atoms with Gasteiger partial charge in [-0.15, -0.1) is 22.7 Å². The molecule has 0 amide bonds. The van der Waals surface area contributed by atoms with Gasteiger partial charge in [-0.05, 0) is 144 Å². The number of methoxy groups -OCH3 is 2. The molecule has 0 aliphatic heterocycles. The molecule has 0 radical (unpaired) electrons. The molecular weight excluding hydrogens is 973 g/mol. The number of carbonyl (C=O) groups is 2. The van der Waals surface area contributed by atoms with E-state index in [0.29, 0.717) is 37.4 Å². The van der Waals surface area contributed by atoms with Crippen molar-refractivity contribution in [2.24, 2.45) is 0 Å². The monoisotopic (exact) mass is 1040 g/mol. The Balaban J connectivity index is 0.000000184. The van der Waals surface area contributed by atoms with Crippen LogP contribution in [0.5, 0.6) is 11.5 Å². The number of hydrogen-bond donors (Lipinski definition) is 1. The van der Waals surface area contributed by atoms with E-state index in [0.717, 1.165) is 67.2 Å². The van der Waals surface area contributed by atoms with E-state index >= 15 is 0 Å². The molecule has 12 heteroatoms. The summed E-state index contributed by atoms with van der Waals surface area (Å²) < 4.78 is 21.6. The standard InChI is InChI=1S/C32H34N2O3S.C31H32N2O3S/c1-34(20-23-8-14-28(15-9-23)31(35)36-2)32-33-30(22-38-32)27-16-18-29(19-17-27)37-21-24-10-12-26(13-11-24)25-6-4-3-5-7-25;1-35-30(34)27-13-7-22(8-14-27)19-32-31-33-29(21-37-31)26-15-17-28(18-16-26)36-20-23-9-11-25(12-10-23)24-5-3-2-4-6-24/h8-19,22,25H,3-7,20-21H2,1-2H3;7-18,21,24H,2-6,19-20H2,1H3,(H,32,33). The third-order valence-electron chi connectivity index (χ3n) is 14.2. The number of ether oxygens (including phenoxy) is 4. The highest BCUT2D eigenvalue weighted by Gasteiger charge is 2.17. The first-order valence-electron chi connectivity index (χ1n) is 26.1. The molecule has 6 aromatic carbocycles. The summed E-state index contributed by atoms with van der Waals surface area (Å²) in [6.45, 7) is 2.46. The zero-order chi connectivity index (χ0) is 51.8. The zero-order valence-electron chi connectivity index (χ0n) is 43.2. The maximum atomic E-state index is 11.6. The normalized spacial score (nSPS) is 13.7. The molecule has 0 spiro atoms. The molecular formula is C63H66N4O6S2. The Hall–Kier alpha value is -7.28. The number of carbonyl (C=O) groups excluding carboxylic acids is 2. The Morgan fingerprint density at radius 2 is 0.947 bits per heavy atom. The highest BCUT2D eigenvalue weighted by Crippen LogP contribution is 2.35. The fourth-order valence-electron chi connectivity index (χ4n) is 9.74. The molecule has 386 valence electrons. The first-order valence-corrected chi connectivity index (χ1v) is 27.9. The van der Waals surface area contributed by atoms with Crippen LogP contribution < -0.4 is 19.7 Å². The van der Waals surface area contributed by atoms with E-state index < -0.39 is 0 Å². The molecule has 0 unspecified atom stereocenters. The van der Waals surface area contributed by atoms with Crippen molar-refractivity contribution in [3.05, 3.63) is 201 Å². The van der Waals surface area contributed by atoms with E-state index in [1.807, 2.05) is 73.1 Å². The van der Waals surface area contributed by atoms with Crippen LogP contribution in [0.3, 0.4) is 0 Å². The fourth-order valence-corrected chi connectivity index (χ4v) is 11.3. The van der Waals surface area contributed by atoms with Crippen LogP contribution in [-0.4, -0.2) is 43.2 Å². The molecule has 10 nitrogen and oxygen atoms in total. The minimum Gasteiger partial charge on any atom is -0.489 e. The maximum Gasteiger partial charge on any atom is 0.337 e. The molecule has 2 heterocycles. The summed E-state index contributed by atoms with van der Waals surface area (Å²) in [4.78, 5) is 34.9. The largest absolute Gasteiger partial charge is 0.489 e. The molecule has 2 fully saturated rings. The molecule has 8 aromatic rings. The Morgan fingerprint density at radius 3 is 1.41 bits per heavy atom. The van der Waals surface area contributed by atoms with Gasteiger partial charge in [-0.3, -0.25) is 0 Å². The van der Waals surface area contributed by atoms with Crippen LogP contribution in [0, 0.1) is 0 Å². The second-order valence-corrected chi connectivity index (χ2v) is 21.1. The first-order chi connectivity index (χ1) is 36.8. The van der Waals surface area contributed by atoms with E-state index in [-0.39, 0.29) is 11.9 Å². The second kappa shape index (κ2) is 26.3. The number of rotatable bonds is 18. The predicted molar refractivity (Wildman–Crippen MR) is 303 cm³/mol. The SMILES string of the molecule is COC(=O)c1ccc(CN(C)c2nc(-c3ccc(OCc4ccc(C5CCCCC5)cc4)cc3)cs2)cc1.COC(=O)c1ccc(CNc2nc(-c3ccc(OCc4ccc(C5CCCCC5)cc4)cc3)cs2)cc1. The summed E-state index contributed by atoms with van der Waals surface area (Å²) in [6.07, 6.45) is 13.5. The Bertz CT molecular complexity index is 3030. The van der Waals surface area contributed by atoms with Crippen molar-refractivity contribution in [2.75, 3.05) is 31.5 Å². The number of thiazole rings is 2. The van der Waals surface area contributed by atoms with Crippen molar-refractivity contribution >= 4 is 44.9 Å². The van der Waals surface area contributed by atoms with Crippen LogP contribution in [0.2, 0.25) is 0 Å². The van der Waals surface area contributed by atoms with E-state index in [2.05, 4.69) is 76.3 Å². The van der Waals surface area contributed by atoms with Crippen molar-refractivity contribution < 1.29 is 28.5 Å². The minimum atomic E-state index is -0.330. The van der Waals surface area contributed by atoms with Gasteiger partial charge < -0.3 is 29.2 Å². The van der Waals surface area contributed by atoms with Gasteiger partial charge in [0, 0.05) is 42.0 Å². The summed E-state index contributed by atoms with van der Waals surface area (Å²) in [5.74, 6) is 2.52. The number of benzene rings is 6. The molecule has 2 aliphatic rings. The van der Waals surface area contributed by atoms with Crippen LogP contribution in [0.25, 0.3) is 22.5 Å². The number of hydrogen-bond acceptors (Lipinski definition) is 12. The van der Waals surface area contributed by atoms with Crippen LogP contribution in [-0.2, 0) is 35.8 Å². The quantitative estimate of drug-likeness (QED) is 0.0834. The highest BCUT2D eigenvalue weighted by atomic mass is 32.1. The predicted octanol–water partition coefficient (Wildman–Crippen LogP) is 15.7. The molecule has 1 N–H and O–H groups in total. The number of anilines is 2. The number of esters is 2. The van der Waals surface area contributed by atoms with Gasteiger partial charge in [0.2, 0.25) is 0 Å². The average molecular weight is 1040 g/mol. The van der Waals surface area contributed by atoms with Crippen molar-refractivity contribution in [1.82, 2.24) is 9.97 Å². The second-order valence-electron chi connectivity index (χ2n) is 19.4. The number of nitrogens with one attached hydrogen (secondary N) is 1. The molecule has 2 saturated carbocycles. The lowest BCUT2D eigenvalue weighted by atomic mass is 9.84. The average Bonchev–Trinajstić information content (AvgIpc) is 4.18. The lowest BCUT2D eigenvalue weighted by molar-refractivity contribution is 0.0592. The fraction of sp³-hybridized carbons (Fsp3) is 0.302. The molecule has 2 aliphatic carbocycles. The van der Waals surface area contributed by atoms with Crippen molar-refractivity contribution in [3.8, 4) is 34.0 Å². The third kappa shape index (κ3) is 14.7. The molecule has 75 heavy (non-hydrogen) atoms. The topological polar surface area (TPSA) is 112 Å². The molecule has 0 bridgehead atoms. The van der Waals surface area contributed by atoms with Crippen LogP contribution >= 0.6 is 22.7 Å². The van der Waals surface area contributed by atoms with Crippen molar-refractivity contribution in [1.29, 1.82) is 0 Å². The summed E-state index contributed by atoms with van der Waals surface area (Å²) >= 11 is 3.19. The number of aromatic nitrogens is 2. The van der Waals surface area contributed by atoms with Gasteiger partial charge >= 0.3 is 11.9 Å². The Kier molecular flexibility index (Phi) is 18.4. The van der Waals surface area contributed by atoms with Gasteiger partial charge in [0.05, 0.1) is 36.7 Å². The van der Waals surface area contributed by atoms with Gasteiger partial charge in [0.25, 0.3) is 0 Å². The molecule has 0 saturated heterocycles. The van der Waals surface area contributed by atoms with E-state index in [9.17, 15) is 9.59 Å². The summed E-state index contributed by atoms with van der Waals surface area (Å²) in [5, 5.41) is 9.27. The van der Waals surface area contributed by atoms with Gasteiger partial charge in [0.15, 0.2) is 10.3 Å². The Morgan fingerprint density at radius 1 is 0.520 bits per heavy atom. The lowest BCUT2D eigenvalue weighted by Crippen LogP contribution is -2.16. The summed E-state index contributed by atoms with van der Waals surface area (Å²) in [5.41, 5.74) is 12.6. The van der Waals surface area contributed by atoms with E-state index in [1.54, 1.807) is 46.9 Å². The highest BCUT2D eigenvalue weighted by molar-refractivity contribution is 7.14. The van der Waals surface area contributed by atoms with Crippen LogP contribution in [0.1, 0.15) is 130 Å². The summed E-state index contributed by atoms with van der Waals surface area (Å²) in [6, 6.07) is 49.0. The summed E-state index contributed by atoms with van der Waals surface area (Å²) in [7, 11) is 4.80. The smallest absolute Gasteiger partial charge is 0.337 e. The van der Waals surface area contributed by atoms with Gasteiger partial charge in [-0.1, -0.05) is 111 Å². The molecule has 10 rings (SSSR count). The van der Waals surface area contributed by atoms with Gasteiger partial charge in [-0.25, -0.2) is 19.6 Å². The van der Waals surface area contributed by atoms with Gasteiger partial charge in [-0.2, -0.15) is 0 Å². The van der Waals surface area contributed by atoms with Gasteiger partial charge in [0.1, 0.15) is 24.7 Å². The van der Waals surface area contributed by atoms with Crippen molar-refractivity contribution in [3.63, 3.8) is 0 Å². The number of nitrogens with zero attached hydrogens (tertiary/aromatic N) is 3. The lowest BCUT2D eigenvalue weighted by Gasteiger charge is -2.22. The maximum absolute atomic E-state index is 11.6. The van der Waals surface area contributed by atoms with Crippen molar-refractivity contribution in [2.45, 2.75) is 102 Å². The van der Waals surface area contributed by atoms with Crippen LogP contribution in [0.15, 0.2) is 156 Å². The van der Waals surface area contributed by atoms with E-state index in [1.165, 1.54) is 101 Å². The zero-order valence-corrected chi connectivity index (χ0v) is 44.8. The Labute approximate surface area is 449 Å². The molecule has 2 aromatic heterocycles.